The number of thiazole rings is 1. The molecule has 0 radical (unpaired) electrons. The SMILES string of the molecule is CN=C(NCc1ncc(C)s1)NCC1CCN(Cc2ccc(OC)cc2)CC1. The van der Waals surface area contributed by atoms with Gasteiger partial charge in [-0.15, -0.1) is 11.3 Å². The molecule has 2 aromatic rings. The fourth-order valence-corrected chi connectivity index (χ4v) is 4.17. The summed E-state index contributed by atoms with van der Waals surface area (Å²) in [6.45, 7) is 7.06. The Kier molecular flexibility index (Phi) is 7.68. The lowest BCUT2D eigenvalue weighted by molar-refractivity contribution is 0.178. The molecule has 1 aromatic heterocycles. The molecule has 0 aliphatic carbocycles. The molecule has 1 fully saturated rings. The minimum absolute atomic E-state index is 0.688. The summed E-state index contributed by atoms with van der Waals surface area (Å²) in [5, 5.41) is 7.92. The predicted octanol–water partition coefficient (Wildman–Crippen LogP) is 3.04. The number of methoxy groups -OCH3 is 1. The molecule has 6 nitrogen and oxygen atoms in total. The zero-order valence-electron chi connectivity index (χ0n) is 17.1. The molecule has 0 unspecified atom stereocenters. The second kappa shape index (κ2) is 10.4. The van der Waals surface area contributed by atoms with E-state index in [1.807, 2.05) is 25.4 Å². The van der Waals surface area contributed by atoms with Gasteiger partial charge in [-0.1, -0.05) is 12.1 Å². The number of aromatic nitrogens is 1. The van der Waals surface area contributed by atoms with E-state index >= 15 is 0 Å². The number of nitrogens with zero attached hydrogens (tertiary/aromatic N) is 3. The zero-order valence-corrected chi connectivity index (χ0v) is 17.9. The van der Waals surface area contributed by atoms with E-state index in [-0.39, 0.29) is 0 Å². The maximum Gasteiger partial charge on any atom is 0.191 e. The minimum Gasteiger partial charge on any atom is -0.497 e. The van der Waals surface area contributed by atoms with Crippen molar-refractivity contribution in [3.8, 4) is 5.75 Å². The van der Waals surface area contributed by atoms with Crippen LogP contribution in [0.2, 0.25) is 0 Å². The molecule has 0 amide bonds. The summed E-state index contributed by atoms with van der Waals surface area (Å²) in [6.07, 6.45) is 4.34. The van der Waals surface area contributed by atoms with Crippen LogP contribution in [-0.2, 0) is 13.1 Å². The van der Waals surface area contributed by atoms with Crippen molar-refractivity contribution in [3.63, 3.8) is 0 Å². The van der Waals surface area contributed by atoms with Gasteiger partial charge < -0.3 is 15.4 Å². The van der Waals surface area contributed by atoms with Crippen LogP contribution in [0.4, 0.5) is 0 Å². The van der Waals surface area contributed by atoms with Gasteiger partial charge in [0.05, 0.1) is 13.7 Å². The molecule has 1 aliphatic heterocycles. The highest BCUT2D eigenvalue weighted by atomic mass is 32.1. The second-order valence-corrected chi connectivity index (χ2v) is 8.56. The average molecular weight is 402 g/mol. The van der Waals surface area contributed by atoms with Gasteiger partial charge in [-0.3, -0.25) is 9.89 Å². The van der Waals surface area contributed by atoms with Gasteiger partial charge in [0.1, 0.15) is 10.8 Å². The summed E-state index contributed by atoms with van der Waals surface area (Å²) in [7, 11) is 3.53. The average Bonchev–Trinajstić information content (AvgIpc) is 3.15. The number of rotatable bonds is 7. The van der Waals surface area contributed by atoms with Crippen LogP contribution in [0.25, 0.3) is 0 Å². The molecule has 7 heteroatoms. The minimum atomic E-state index is 0.688. The van der Waals surface area contributed by atoms with Crippen LogP contribution in [0.15, 0.2) is 35.5 Å². The Morgan fingerprint density at radius 3 is 2.61 bits per heavy atom. The Labute approximate surface area is 172 Å². The van der Waals surface area contributed by atoms with Crippen molar-refractivity contribution in [1.82, 2.24) is 20.5 Å². The van der Waals surface area contributed by atoms with Crippen molar-refractivity contribution >= 4 is 17.3 Å². The van der Waals surface area contributed by atoms with Gasteiger partial charge in [-0.2, -0.15) is 0 Å². The molecule has 0 bridgehead atoms. The van der Waals surface area contributed by atoms with Gasteiger partial charge >= 0.3 is 0 Å². The normalized spacial score (nSPS) is 16.2. The number of piperidine rings is 1. The molecule has 1 saturated heterocycles. The number of likely N-dealkylation sites (tertiary alicyclic amines) is 1. The van der Waals surface area contributed by atoms with Gasteiger partial charge in [0.2, 0.25) is 0 Å². The fourth-order valence-electron chi connectivity index (χ4n) is 3.44. The molecular formula is C21H31N5OS. The third kappa shape index (κ3) is 6.21. The Bertz CT molecular complexity index is 750. The highest BCUT2D eigenvalue weighted by molar-refractivity contribution is 7.11. The summed E-state index contributed by atoms with van der Waals surface area (Å²) in [5.41, 5.74) is 1.35. The molecular weight excluding hydrogens is 370 g/mol. The maximum absolute atomic E-state index is 5.23. The summed E-state index contributed by atoms with van der Waals surface area (Å²) in [5.74, 6) is 2.46. The van der Waals surface area contributed by atoms with Gasteiger partial charge in [0.25, 0.3) is 0 Å². The molecule has 152 valence electrons. The number of ether oxygens (including phenoxy) is 1. The number of guanidine groups is 1. The van der Waals surface area contributed by atoms with E-state index in [0.717, 1.165) is 49.4 Å². The monoisotopic (exact) mass is 401 g/mol. The van der Waals surface area contributed by atoms with Crippen molar-refractivity contribution in [1.29, 1.82) is 0 Å². The Morgan fingerprint density at radius 1 is 1.25 bits per heavy atom. The molecule has 3 rings (SSSR count). The zero-order chi connectivity index (χ0) is 19.8. The van der Waals surface area contributed by atoms with E-state index in [2.05, 4.69) is 44.6 Å². The third-order valence-electron chi connectivity index (χ3n) is 5.13. The molecule has 28 heavy (non-hydrogen) atoms. The lowest BCUT2D eigenvalue weighted by Gasteiger charge is -2.32. The third-order valence-corrected chi connectivity index (χ3v) is 6.04. The van der Waals surface area contributed by atoms with Crippen molar-refractivity contribution in [2.24, 2.45) is 10.9 Å². The van der Waals surface area contributed by atoms with Crippen LogP contribution in [0.5, 0.6) is 5.75 Å². The Balaban J connectivity index is 1.36. The number of hydrogen-bond donors (Lipinski definition) is 2. The number of aryl methyl sites for hydroxylation is 1. The van der Waals surface area contributed by atoms with Gasteiger partial charge in [0.15, 0.2) is 5.96 Å². The number of nitrogens with one attached hydrogen (secondary N) is 2. The number of benzene rings is 1. The van der Waals surface area contributed by atoms with Crippen molar-refractivity contribution in [2.75, 3.05) is 33.8 Å². The Morgan fingerprint density at radius 2 is 2.00 bits per heavy atom. The fraction of sp³-hybridized carbons (Fsp3) is 0.524. The van der Waals surface area contributed by atoms with Crippen LogP contribution in [0, 0.1) is 12.8 Å². The quantitative estimate of drug-likeness (QED) is 0.552. The highest BCUT2D eigenvalue weighted by Crippen LogP contribution is 2.19. The topological polar surface area (TPSA) is 61.8 Å². The van der Waals surface area contributed by atoms with E-state index < -0.39 is 0 Å². The standard InChI is InChI=1S/C21H31N5OS/c1-16-12-23-20(28-16)14-25-21(22-2)24-13-17-8-10-26(11-9-17)15-18-4-6-19(27-3)7-5-18/h4-7,12,17H,8-11,13-15H2,1-3H3,(H2,22,24,25). The summed E-state index contributed by atoms with van der Waals surface area (Å²) in [4.78, 5) is 12.5. The smallest absolute Gasteiger partial charge is 0.191 e. The van der Waals surface area contributed by atoms with Crippen LogP contribution in [-0.4, -0.2) is 49.6 Å². The largest absolute Gasteiger partial charge is 0.497 e. The first-order valence-electron chi connectivity index (χ1n) is 9.87. The molecule has 1 aliphatic rings. The predicted molar refractivity (Wildman–Crippen MR) is 116 cm³/mol. The highest BCUT2D eigenvalue weighted by Gasteiger charge is 2.19. The van der Waals surface area contributed by atoms with Crippen molar-refractivity contribution in [2.45, 2.75) is 32.9 Å². The summed E-state index contributed by atoms with van der Waals surface area (Å²) >= 11 is 1.72. The van der Waals surface area contributed by atoms with Crippen molar-refractivity contribution < 1.29 is 4.74 Å². The van der Waals surface area contributed by atoms with E-state index in [9.17, 15) is 0 Å². The summed E-state index contributed by atoms with van der Waals surface area (Å²) < 4.78 is 5.23. The molecule has 2 N–H and O–H groups in total. The first-order chi connectivity index (χ1) is 13.7. The van der Waals surface area contributed by atoms with Crippen LogP contribution < -0.4 is 15.4 Å². The van der Waals surface area contributed by atoms with Crippen LogP contribution in [0.3, 0.4) is 0 Å². The van der Waals surface area contributed by atoms with Crippen LogP contribution >= 0.6 is 11.3 Å². The first kappa shape index (κ1) is 20.6. The Hall–Kier alpha value is -2.12. The number of aliphatic imine (C=N–C) groups is 1. The van der Waals surface area contributed by atoms with E-state index in [1.54, 1.807) is 18.4 Å². The first-order valence-corrected chi connectivity index (χ1v) is 10.7. The number of hydrogen-bond acceptors (Lipinski definition) is 5. The van der Waals surface area contributed by atoms with Gasteiger partial charge in [0, 0.05) is 31.2 Å². The second-order valence-electron chi connectivity index (χ2n) is 7.24. The maximum atomic E-state index is 5.23. The lowest BCUT2D eigenvalue weighted by Crippen LogP contribution is -2.42. The van der Waals surface area contributed by atoms with Gasteiger partial charge in [-0.05, 0) is 56.5 Å². The lowest BCUT2D eigenvalue weighted by atomic mass is 9.96. The molecule has 0 atom stereocenters. The van der Waals surface area contributed by atoms with Crippen LogP contribution in [0.1, 0.15) is 28.3 Å². The van der Waals surface area contributed by atoms with Gasteiger partial charge in [-0.25, -0.2) is 4.98 Å². The molecule has 0 saturated carbocycles. The molecule has 1 aromatic carbocycles. The van der Waals surface area contributed by atoms with E-state index in [0.29, 0.717) is 5.92 Å². The van der Waals surface area contributed by atoms with E-state index in [4.69, 9.17) is 4.74 Å². The molecule has 2 heterocycles. The molecule has 0 spiro atoms. The van der Waals surface area contributed by atoms with Crippen molar-refractivity contribution in [3.05, 3.63) is 45.9 Å². The van der Waals surface area contributed by atoms with E-state index in [1.165, 1.54) is 23.3 Å². The summed E-state index contributed by atoms with van der Waals surface area (Å²) in [6, 6.07) is 8.40.